The van der Waals surface area contributed by atoms with Crippen LogP contribution in [0.15, 0.2) is 264 Å². The lowest BCUT2D eigenvalue weighted by atomic mass is 9.99. The number of hydrogen-bond acceptors (Lipinski definition) is 34. The molecule has 2 saturated heterocycles. The van der Waals surface area contributed by atoms with E-state index in [1.807, 2.05) is 54.6 Å². The predicted octanol–water partition coefficient (Wildman–Crippen LogP) is 8.92. The van der Waals surface area contributed by atoms with Gasteiger partial charge in [-0.3, -0.25) is 24.0 Å². The van der Waals surface area contributed by atoms with E-state index in [0.717, 1.165) is 42.0 Å². The maximum absolute atomic E-state index is 12.7. The minimum absolute atomic E-state index is 0.00385. The van der Waals surface area contributed by atoms with Gasteiger partial charge in [-0.1, -0.05) is 152 Å². The van der Waals surface area contributed by atoms with Crippen molar-refractivity contribution < 1.29 is 152 Å². The molecule has 0 spiro atoms. The predicted molar refractivity (Wildman–Crippen MR) is 439 cm³/mol. The molecule has 36 nitrogen and oxygen atoms in total. The summed E-state index contributed by atoms with van der Waals surface area (Å²) in [5, 5.41) is 176. The van der Waals surface area contributed by atoms with Gasteiger partial charge in [-0.05, 0) is 0 Å². The average molecular weight is 1720 g/mol. The smallest absolute Gasteiger partial charge is 0.335 e. The number of methoxy groups -OCH3 is 2. The number of aliphatic carboxylic acids is 2. The number of benzene rings is 10. The number of hydrogen-bond donors (Lipinski definition) is 18. The first-order valence-electron chi connectivity index (χ1n) is 36.9. The maximum Gasteiger partial charge on any atom is 0.335 e. The summed E-state index contributed by atoms with van der Waals surface area (Å²) in [6, 6.07) is 57.3. The zero-order chi connectivity index (χ0) is 89.7. The second-order valence-corrected chi connectivity index (χ2v) is 27.4. The molecule has 10 atom stereocenters. The summed E-state index contributed by atoms with van der Waals surface area (Å²) >= 11 is 0. The van der Waals surface area contributed by atoms with Crippen LogP contribution < -0.4 is 46.1 Å². The van der Waals surface area contributed by atoms with E-state index in [9.17, 15) is 120 Å². The molecule has 125 heavy (non-hydrogen) atoms. The molecule has 0 aliphatic carbocycles. The van der Waals surface area contributed by atoms with Gasteiger partial charge in [0.15, 0.2) is 85.0 Å². The second kappa shape index (κ2) is 36.6. The Morgan fingerprint density at radius 2 is 0.616 bits per heavy atom. The summed E-state index contributed by atoms with van der Waals surface area (Å²) in [5.74, 6) is -8.14. The number of ether oxygens (including phenoxy) is 6. The van der Waals surface area contributed by atoms with Crippen molar-refractivity contribution in [2.24, 2.45) is 0 Å². The average Bonchev–Trinajstić information content (AvgIpc) is 0.768. The molecule has 0 unspecified atom stereocenters. The van der Waals surface area contributed by atoms with Crippen molar-refractivity contribution in [3.05, 3.63) is 270 Å². The van der Waals surface area contributed by atoms with Gasteiger partial charge in [0.2, 0.25) is 35.6 Å². The number of phenols is 10. The molecular formula is C89H70O36. The summed E-state index contributed by atoms with van der Waals surface area (Å²) < 4.78 is 59.6. The number of carboxylic acids is 2. The third-order valence-corrected chi connectivity index (χ3v) is 19.3. The Morgan fingerprint density at radius 1 is 0.296 bits per heavy atom. The van der Waals surface area contributed by atoms with Crippen molar-refractivity contribution in [1.82, 2.24) is 0 Å². The third-order valence-electron chi connectivity index (χ3n) is 19.3. The number of carboxylic acid groups (broad SMARTS) is 2. The van der Waals surface area contributed by atoms with Crippen LogP contribution in [0, 0.1) is 0 Å². The maximum atomic E-state index is 12.7. The first-order chi connectivity index (χ1) is 59.7. The molecule has 36 heteroatoms. The number of aliphatic hydroxyl groups is 6. The molecule has 2 fully saturated rings. The van der Waals surface area contributed by atoms with E-state index >= 15 is 0 Å². The van der Waals surface area contributed by atoms with Crippen LogP contribution in [-0.4, -0.2) is 179 Å². The van der Waals surface area contributed by atoms with Crippen LogP contribution in [0.2, 0.25) is 0 Å². The quantitative estimate of drug-likeness (QED) is 0.0479. The van der Waals surface area contributed by atoms with Crippen molar-refractivity contribution in [1.29, 1.82) is 0 Å². The summed E-state index contributed by atoms with van der Waals surface area (Å²) in [6.45, 7) is 0. The lowest BCUT2D eigenvalue weighted by Gasteiger charge is -2.38. The van der Waals surface area contributed by atoms with Crippen molar-refractivity contribution in [2.45, 2.75) is 61.4 Å². The van der Waals surface area contributed by atoms with Crippen molar-refractivity contribution in [3.8, 4) is 137 Å². The van der Waals surface area contributed by atoms with Gasteiger partial charge >= 0.3 is 11.9 Å². The number of aliphatic hydroxyl groups excluding tert-OH is 6. The largest absolute Gasteiger partial charge is 0.508 e. The molecule has 0 amide bonds. The highest BCUT2D eigenvalue weighted by molar-refractivity contribution is 5.94. The topological polar surface area (TPSA) is 605 Å². The summed E-state index contributed by atoms with van der Waals surface area (Å²) in [5.41, 5.74) is 0.659. The molecule has 7 heterocycles. The highest BCUT2D eigenvalue weighted by atomic mass is 16.7. The van der Waals surface area contributed by atoms with Crippen molar-refractivity contribution in [3.63, 3.8) is 0 Å². The fraction of sp³-hybridized carbons (Fsp3) is 0.135. The Labute approximate surface area is 698 Å². The third kappa shape index (κ3) is 18.0. The minimum Gasteiger partial charge on any atom is -0.508 e. The zero-order valence-electron chi connectivity index (χ0n) is 64.5. The Kier molecular flexibility index (Phi) is 25.4. The van der Waals surface area contributed by atoms with Crippen molar-refractivity contribution in [2.75, 3.05) is 14.2 Å². The van der Waals surface area contributed by atoms with Gasteiger partial charge in [0.1, 0.15) is 132 Å². The van der Waals surface area contributed by atoms with Gasteiger partial charge in [-0.2, -0.15) is 0 Å². The molecule has 2 aliphatic rings. The van der Waals surface area contributed by atoms with Gasteiger partial charge in [0.05, 0.1) is 14.2 Å². The summed E-state index contributed by atoms with van der Waals surface area (Å²) in [7, 11) is 2.59. The Hall–Kier alpha value is -15.9. The minimum atomic E-state index is -1.94. The molecule has 642 valence electrons. The van der Waals surface area contributed by atoms with E-state index < -0.39 is 135 Å². The molecule has 17 rings (SSSR count). The van der Waals surface area contributed by atoms with Crippen LogP contribution in [0.4, 0.5) is 0 Å². The van der Waals surface area contributed by atoms with Gasteiger partial charge in [-0.15, -0.1) is 0 Å². The molecule has 10 aromatic carbocycles. The summed E-state index contributed by atoms with van der Waals surface area (Å²) in [4.78, 5) is 84.1. The highest BCUT2D eigenvalue weighted by Gasteiger charge is 2.50. The van der Waals surface area contributed by atoms with Crippen LogP contribution in [0.5, 0.6) is 80.5 Å². The van der Waals surface area contributed by atoms with E-state index in [0.29, 0.717) is 39.5 Å². The molecule has 0 saturated carbocycles. The number of carbonyl (C=O) groups is 2. The number of rotatable bonds is 13. The normalized spacial score (nSPS) is 18.3. The number of fused-ring (bicyclic) bond motifs is 5. The Bertz CT molecular complexity index is 6880. The molecule has 15 aromatic rings. The lowest BCUT2D eigenvalue weighted by Crippen LogP contribution is -2.61. The van der Waals surface area contributed by atoms with Crippen LogP contribution in [0.25, 0.3) is 111 Å². The van der Waals surface area contributed by atoms with E-state index in [4.69, 9.17) is 55.6 Å². The van der Waals surface area contributed by atoms with Crippen LogP contribution in [-0.2, 0) is 19.1 Å². The highest BCUT2D eigenvalue weighted by Crippen LogP contribution is 2.47. The molecule has 0 bridgehead atoms. The molecule has 2 aliphatic heterocycles. The lowest BCUT2D eigenvalue weighted by molar-refractivity contribution is -0.271. The molecular weight excluding hydrogens is 1640 g/mol. The number of phenolic OH excluding ortho intramolecular Hbond substituents is 10. The van der Waals surface area contributed by atoms with Crippen LogP contribution >= 0.6 is 0 Å². The Morgan fingerprint density at radius 3 is 1.00 bits per heavy atom. The fourth-order valence-electron chi connectivity index (χ4n) is 13.2. The molecule has 0 radical (unpaired) electrons. The van der Waals surface area contributed by atoms with E-state index in [-0.39, 0.29) is 112 Å². The van der Waals surface area contributed by atoms with E-state index in [1.54, 1.807) is 97.1 Å². The van der Waals surface area contributed by atoms with Gasteiger partial charge in [-0.25, -0.2) is 9.59 Å². The monoisotopic (exact) mass is 1710 g/mol. The van der Waals surface area contributed by atoms with Gasteiger partial charge in [0.25, 0.3) is 0 Å². The van der Waals surface area contributed by atoms with E-state index in [1.165, 1.54) is 44.6 Å². The molecule has 5 aromatic heterocycles. The second-order valence-electron chi connectivity index (χ2n) is 27.4. The standard InChI is InChI=1S/C22H20O11.C21H18O11.C16H12O5.C15H10O5.C15H10O4/c1-30-18-13(32-22-17(27)15(25)16(26)20(33-22)21(28)29)8-11(24)14-10(23)7-12(31-19(14)18)9-5-3-2-4-6-9;22-9-6-10(8-4-2-1-3-5-8)30-11-7-12(14(23)15(24)13(9)11)31-21-18(27)16(25)17(26)19(32-21)20(28)29;1-20-15-12(19)7-10(17)14-11(18)8-13(21-16(14)15)9-5-3-2-4-6-9;16-9-6-11(8-4-2-1-3-5-8)20-12-7-10(17)14(18)15(19)13(9)12;16-10-6-11(17)15-12(18)8-13(19-14(15)7-10)9-4-2-1-3-5-9/h2-8,15-17,20,22,24-27H,1H3,(H,28,29);1-7,16-19,21,23-27H,(H,28,29);2-8,17,19H,1H3;1-7,17-19H;1-8,16-17H/t15-,16-,17+,20-,22+;16-,17-,18+,19-,21+;;;/m00.../s1. The van der Waals surface area contributed by atoms with Crippen molar-refractivity contribution >= 4 is 66.8 Å². The first-order valence-corrected chi connectivity index (χ1v) is 36.9. The summed E-state index contributed by atoms with van der Waals surface area (Å²) in [6.07, 6.45) is -18.9. The van der Waals surface area contributed by atoms with Gasteiger partial charge in [0, 0.05) is 94.5 Å². The number of aromatic hydroxyl groups is 10. The van der Waals surface area contributed by atoms with Crippen LogP contribution in [0.3, 0.4) is 0 Å². The SMILES string of the molecule is COc1c(O)cc(O)c2c(=O)cc(-c3ccccc3)oc12.COc1c(O[C@@H]2O[C@H](C(=O)O)[C@@H](O)[C@H](O)[C@H]2O)cc(O)c2c(=O)cc(-c3ccccc3)oc12.O=C(O)[C@H]1O[C@@H](Oc2cc3oc(-c4ccccc4)cc(=O)c3c(O)c2O)[C@H](O)[C@@H](O)[C@@H]1O.O=c1cc(-c2ccccc2)oc2cc(O)c(O)c(O)c12.O=c1cc(-c2ccccc2)oc2cc(O)cc(O)c12. The van der Waals surface area contributed by atoms with E-state index in [2.05, 4.69) is 0 Å². The van der Waals surface area contributed by atoms with Crippen LogP contribution in [0.1, 0.15) is 0 Å². The molecule has 18 N–H and O–H groups in total. The Balaban J connectivity index is 0.000000137. The first kappa shape index (κ1) is 86.9. The zero-order valence-corrected chi connectivity index (χ0v) is 64.5. The fourth-order valence-corrected chi connectivity index (χ4v) is 13.2. The van der Waals surface area contributed by atoms with Gasteiger partial charge < -0.3 is 142 Å².